The van der Waals surface area contributed by atoms with Gasteiger partial charge in [-0.1, -0.05) is 11.6 Å². The molecule has 1 aromatic rings. The van der Waals surface area contributed by atoms with Gasteiger partial charge in [0, 0.05) is 18.0 Å². The van der Waals surface area contributed by atoms with Crippen LogP contribution in [0.25, 0.3) is 0 Å². The number of rotatable bonds is 3. The summed E-state index contributed by atoms with van der Waals surface area (Å²) in [6.45, 7) is 1.89. The minimum Gasteiger partial charge on any atom is -0.358 e. The number of nitrogens with one attached hydrogen (secondary N) is 2. The van der Waals surface area contributed by atoms with Gasteiger partial charge in [0.25, 0.3) is 0 Å². The SMILES string of the molecule is CNC(=O)C(C)NC1CCCc2sc(Cl)cc21. The number of aryl methyl sites for hydroxylation is 1. The monoisotopic (exact) mass is 272 g/mol. The highest BCUT2D eigenvalue weighted by atomic mass is 35.5. The molecule has 1 aliphatic carbocycles. The van der Waals surface area contributed by atoms with E-state index < -0.39 is 0 Å². The Hall–Kier alpha value is -0.580. The summed E-state index contributed by atoms with van der Waals surface area (Å²) in [7, 11) is 1.66. The number of thiophene rings is 1. The van der Waals surface area contributed by atoms with Crippen LogP contribution in [-0.4, -0.2) is 19.0 Å². The maximum atomic E-state index is 11.5. The number of hydrogen-bond acceptors (Lipinski definition) is 3. The Kier molecular flexibility index (Phi) is 4.07. The molecule has 2 rings (SSSR count). The van der Waals surface area contributed by atoms with Crippen molar-refractivity contribution in [2.24, 2.45) is 0 Å². The molecular formula is C12H17ClN2OS. The average Bonchev–Trinajstić information content (AvgIpc) is 2.69. The summed E-state index contributed by atoms with van der Waals surface area (Å²) in [6.07, 6.45) is 3.34. The Morgan fingerprint density at radius 3 is 3.12 bits per heavy atom. The van der Waals surface area contributed by atoms with Gasteiger partial charge in [-0.3, -0.25) is 10.1 Å². The highest BCUT2D eigenvalue weighted by molar-refractivity contribution is 7.16. The maximum absolute atomic E-state index is 11.5. The zero-order valence-electron chi connectivity index (χ0n) is 10.0. The molecule has 94 valence electrons. The Morgan fingerprint density at radius 1 is 1.65 bits per heavy atom. The van der Waals surface area contributed by atoms with E-state index in [1.165, 1.54) is 10.4 Å². The number of amides is 1. The lowest BCUT2D eigenvalue weighted by Crippen LogP contribution is -2.42. The van der Waals surface area contributed by atoms with Gasteiger partial charge < -0.3 is 5.32 Å². The van der Waals surface area contributed by atoms with Crippen LogP contribution in [0.5, 0.6) is 0 Å². The third-order valence-corrected chi connectivity index (χ3v) is 4.51. The molecule has 0 saturated carbocycles. The van der Waals surface area contributed by atoms with Gasteiger partial charge in [-0.25, -0.2) is 0 Å². The highest BCUT2D eigenvalue weighted by Gasteiger charge is 2.25. The van der Waals surface area contributed by atoms with Crippen LogP contribution < -0.4 is 10.6 Å². The second-order valence-corrected chi connectivity index (χ2v) is 6.14. The molecule has 1 aliphatic rings. The molecule has 1 heterocycles. The Morgan fingerprint density at radius 2 is 2.41 bits per heavy atom. The number of halogens is 1. The van der Waals surface area contributed by atoms with E-state index in [4.69, 9.17) is 11.6 Å². The predicted molar refractivity (Wildman–Crippen MR) is 71.7 cm³/mol. The fraction of sp³-hybridized carbons (Fsp3) is 0.583. The summed E-state index contributed by atoms with van der Waals surface area (Å²) in [5.74, 6) is 0.0263. The molecule has 0 aliphatic heterocycles. The van der Waals surface area contributed by atoms with E-state index in [0.29, 0.717) is 0 Å². The number of carbonyl (C=O) groups is 1. The number of likely N-dealkylation sites (N-methyl/N-ethyl adjacent to an activating group) is 1. The van der Waals surface area contributed by atoms with Gasteiger partial charge in [0.2, 0.25) is 5.91 Å². The second-order valence-electron chi connectivity index (χ2n) is 4.38. The van der Waals surface area contributed by atoms with Crippen molar-refractivity contribution in [3.8, 4) is 0 Å². The van der Waals surface area contributed by atoms with Crippen LogP contribution in [0, 0.1) is 0 Å². The molecular weight excluding hydrogens is 256 g/mol. The second kappa shape index (κ2) is 5.38. The fourth-order valence-electron chi connectivity index (χ4n) is 2.29. The Bertz CT molecular complexity index is 419. The molecule has 2 unspecified atom stereocenters. The predicted octanol–water partition coefficient (Wildman–Crippen LogP) is 2.50. The van der Waals surface area contributed by atoms with Crippen molar-refractivity contribution >= 4 is 28.8 Å². The Balaban J connectivity index is 2.10. The van der Waals surface area contributed by atoms with Crippen LogP contribution in [0.1, 0.15) is 36.2 Å². The molecule has 1 aromatic heterocycles. The number of carbonyl (C=O) groups excluding carboxylic acids is 1. The summed E-state index contributed by atoms with van der Waals surface area (Å²) in [4.78, 5) is 12.9. The quantitative estimate of drug-likeness (QED) is 0.888. The van der Waals surface area contributed by atoms with E-state index in [1.54, 1.807) is 18.4 Å². The summed E-state index contributed by atoms with van der Waals surface area (Å²) in [5, 5.41) is 6.03. The molecule has 5 heteroatoms. The van der Waals surface area contributed by atoms with Crippen LogP contribution in [0.2, 0.25) is 4.34 Å². The molecule has 1 amide bonds. The topological polar surface area (TPSA) is 41.1 Å². The van der Waals surface area contributed by atoms with Crippen molar-refractivity contribution in [3.05, 3.63) is 20.8 Å². The highest BCUT2D eigenvalue weighted by Crippen LogP contribution is 2.37. The molecule has 3 nitrogen and oxygen atoms in total. The molecule has 2 atom stereocenters. The van der Waals surface area contributed by atoms with Crippen molar-refractivity contribution < 1.29 is 4.79 Å². The van der Waals surface area contributed by atoms with Crippen molar-refractivity contribution in [1.82, 2.24) is 10.6 Å². The van der Waals surface area contributed by atoms with Crippen LogP contribution in [0.3, 0.4) is 0 Å². The zero-order valence-corrected chi connectivity index (χ0v) is 11.6. The molecule has 0 fully saturated rings. The fourth-order valence-corrected chi connectivity index (χ4v) is 3.67. The van der Waals surface area contributed by atoms with E-state index in [9.17, 15) is 4.79 Å². The molecule has 0 aromatic carbocycles. The van der Waals surface area contributed by atoms with E-state index in [0.717, 1.165) is 23.6 Å². The third kappa shape index (κ3) is 2.81. The average molecular weight is 273 g/mol. The zero-order chi connectivity index (χ0) is 12.4. The lowest BCUT2D eigenvalue weighted by Gasteiger charge is -2.26. The standard InChI is InChI=1S/C12H17ClN2OS/c1-7(12(16)14-2)15-9-4-3-5-10-8(9)6-11(13)17-10/h6-7,9,15H,3-5H2,1-2H3,(H,14,16). The molecule has 0 spiro atoms. The first-order chi connectivity index (χ1) is 8.11. The summed E-state index contributed by atoms with van der Waals surface area (Å²) < 4.78 is 0.844. The largest absolute Gasteiger partial charge is 0.358 e. The Labute approximate surface area is 111 Å². The van der Waals surface area contributed by atoms with E-state index in [-0.39, 0.29) is 18.0 Å². The van der Waals surface area contributed by atoms with Crippen molar-refractivity contribution in [2.45, 2.75) is 38.3 Å². The van der Waals surface area contributed by atoms with Crippen molar-refractivity contribution in [1.29, 1.82) is 0 Å². The first-order valence-corrected chi connectivity index (χ1v) is 7.07. The van der Waals surface area contributed by atoms with E-state index in [1.807, 2.05) is 13.0 Å². The molecule has 17 heavy (non-hydrogen) atoms. The van der Waals surface area contributed by atoms with E-state index >= 15 is 0 Å². The normalized spacial score (nSPS) is 20.8. The smallest absolute Gasteiger partial charge is 0.236 e. The lowest BCUT2D eigenvalue weighted by molar-refractivity contribution is -0.122. The van der Waals surface area contributed by atoms with Gasteiger partial charge in [0.05, 0.1) is 10.4 Å². The van der Waals surface area contributed by atoms with Gasteiger partial charge >= 0.3 is 0 Å². The van der Waals surface area contributed by atoms with Gasteiger partial charge in [-0.2, -0.15) is 0 Å². The molecule has 2 N–H and O–H groups in total. The van der Waals surface area contributed by atoms with Crippen molar-refractivity contribution in [2.75, 3.05) is 7.05 Å². The van der Waals surface area contributed by atoms with Crippen LogP contribution in [0.15, 0.2) is 6.07 Å². The minimum absolute atomic E-state index is 0.0263. The summed E-state index contributed by atoms with van der Waals surface area (Å²) >= 11 is 7.71. The van der Waals surface area contributed by atoms with Crippen molar-refractivity contribution in [3.63, 3.8) is 0 Å². The van der Waals surface area contributed by atoms with Crippen LogP contribution in [-0.2, 0) is 11.2 Å². The third-order valence-electron chi connectivity index (χ3n) is 3.17. The first kappa shape index (κ1) is 12.9. The first-order valence-electron chi connectivity index (χ1n) is 5.87. The summed E-state index contributed by atoms with van der Waals surface area (Å²) in [6, 6.07) is 2.12. The van der Waals surface area contributed by atoms with Gasteiger partial charge in [-0.15, -0.1) is 11.3 Å². The maximum Gasteiger partial charge on any atom is 0.236 e. The van der Waals surface area contributed by atoms with Crippen LogP contribution >= 0.6 is 22.9 Å². The number of hydrogen-bond donors (Lipinski definition) is 2. The molecule has 0 saturated heterocycles. The number of fused-ring (bicyclic) bond motifs is 1. The summed E-state index contributed by atoms with van der Waals surface area (Å²) in [5.41, 5.74) is 1.28. The minimum atomic E-state index is -0.172. The van der Waals surface area contributed by atoms with E-state index in [2.05, 4.69) is 10.6 Å². The molecule has 0 radical (unpaired) electrons. The van der Waals surface area contributed by atoms with Crippen LogP contribution in [0.4, 0.5) is 0 Å². The molecule has 0 bridgehead atoms. The van der Waals surface area contributed by atoms with Gasteiger partial charge in [-0.05, 0) is 37.8 Å². The van der Waals surface area contributed by atoms with Gasteiger partial charge in [0.1, 0.15) is 0 Å². The van der Waals surface area contributed by atoms with Gasteiger partial charge in [0.15, 0.2) is 0 Å². The lowest BCUT2D eigenvalue weighted by atomic mass is 9.93.